The Morgan fingerprint density at radius 1 is 1.19 bits per heavy atom. The predicted octanol–water partition coefficient (Wildman–Crippen LogP) is 1.77. The van der Waals surface area contributed by atoms with Crippen LogP contribution in [-0.4, -0.2) is 31.5 Å². The molecule has 8 nitrogen and oxygen atoms in total. The highest BCUT2D eigenvalue weighted by Gasteiger charge is 2.15. The second-order valence-corrected chi connectivity index (χ2v) is 6.73. The molecule has 0 saturated carbocycles. The van der Waals surface area contributed by atoms with E-state index in [1.807, 2.05) is 42.7 Å². The Morgan fingerprint density at radius 2 is 1.92 bits per heavy atom. The maximum atomic E-state index is 12.1. The molecule has 0 aliphatic rings. The number of nitrogens with one attached hydrogen (secondary N) is 1. The molecule has 0 aliphatic heterocycles. The molecule has 0 saturated heterocycles. The fourth-order valence-corrected chi connectivity index (χ4v) is 2.75. The lowest BCUT2D eigenvalue weighted by Gasteiger charge is -2.14. The number of benzene rings is 1. The summed E-state index contributed by atoms with van der Waals surface area (Å²) in [5, 5.41) is 2.85. The first-order valence-corrected chi connectivity index (χ1v) is 8.50. The van der Waals surface area contributed by atoms with Gasteiger partial charge in [0.05, 0.1) is 18.9 Å². The maximum absolute atomic E-state index is 12.1. The van der Waals surface area contributed by atoms with Gasteiger partial charge in [0.1, 0.15) is 11.8 Å². The molecule has 0 spiro atoms. The molecule has 2 heterocycles. The summed E-state index contributed by atoms with van der Waals surface area (Å²) in [6, 6.07) is 7.10. The molecule has 0 fully saturated rings. The fraction of sp³-hybridized carbons (Fsp3) is 0.333. The van der Waals surface area contributed by atoms with E-state index in [9.17, 15) is 4.79 Å². The zero-order valence-corrected chi connectivity index (χ0v) is 14.9. The highest BCUT2D eigenvalue weighted by Crippen LogP contribution is 2.17. The first-order chi connectivity index (χ1) is 12.4. The SMILES string of the molecule is CC(C)CC(N)C(=O)Nc1ccc(Cn2cnc3c(N)ncnc32)cc1. The van der Waals surface area contributed by atoms with E-state index in [0.29, 0.717) is 35.9 Å². The minimum atomic E-state index is -0.503. The molecule has 8 heteroatoms. The van der Waals surface area contributed by atoms with Crippen LogP contribution >= 0.6 is 0 Å². The number of rotatable bonds is 6. The number of amides is 1. The number of anilines is 2. The van der Waals surface area contributed by atoms with Crippen molar-refractivity contribution in [3.05, 3.63) is 42.5 Å². The molecule has 26 heavy (non-hydrogen) atoms. The Bertz CT molecular complexity index is 902. The van der Waals surface area contributed by atoms with E-state index in [0.717, 1.165) is 11.3 Å². The third kappa shape index (κ3) is 3.97. The summed E-state index contributed by atoms with van der Waals surface area (Å²) in [6.45, 7) is 4.68. The van der Waals surface area contributed by atoms with Crippen molar-refractivity contribution >= 4 is 28.6 Å². The van der Waals surface area contributed by atoms with Crippen LogP contribution in [0.4, 0.5) is 11.5 Å². The van der Waals surface area contributed by atoms with Crippen molar-refractivity contribution in [1.29, 1.82) is 0 Å². The van der Waals surface area contributed by atoms with Gasteiger partial charge < -0.3 is 21.4 Å². The highest BCUT2D eigenvalue weighted by atomic mass is 16.2. The normalized spacial score (nSPS) is 12.5. The van der Waals surface area contributed by atoms with E-state index in [4.69, 9.17) is 11.5 Å². The number of carbonyl (C=O) groups excluding carboxylic acids is 1. The van der Waals surface area contributed by atoms with Gasteiger partial charge in [-0.25, -0.2) is 15.0 Å². The lowest BCUT2D eigenvalue weighted by molar-refractivity contribution is -0.117. The van der Waals surface area contributed by atoms with Crippen molar-refractivity contribution in [1.82, 2.24) is 19.5 Å². The Kier molecular flexibility index (Phi) is 5.13. The lowest BCUT2D eigenvalue weighted by Crippen LogP contribution is -2.36. The molecule has 0 radical (unpaired) electrons. The molecule has 5 N–H and O–H groups in total. The van der Waals surface area contributed by atoms with Gasteiger partial charge in [0, 0.05) is 5.69 Å². The summed E-state index contributed by atoms with van der Waals surface area (Å²) in [5.74, 6) is 0.574. The molecule has 3 rings (SSSR count). The van der Waals surface area contributed by atoms with E-state index >= 15 is 0 Å². The number of nitrogens with zero attached hydrogens (tertiary/aromatic N) is 4. The van der Waals surface area contributed by atoms with Crippen LogP contribution in [0.2, 0.25) is 0 Å². The summed E-state index contributed by atoms with van der Waals surface area (Å²) in [7, 11) is 0. The molecule has 1 amide bonds. The topological polar surface area (TPSA) is 125 Å². The highest BCUT2D eigenvalue weighted by molar-refractivity contribution is 5.94. The monoisotopic (exact) mass is 353 g/mol. The lowest BCUT2D eigenvalue weighted by atomic mass is 10.0. The first-order valence-electron chi connectivity index (χ1n) is 8.50. The second-order valence-electron chi connectivity index (χ2n) is 6.73. The number of carbonyl (C=O) groups is 1. The number of hydrogen-bond donors (Lipinski definition) is 3. The van der Waals surface area contributed by atoms with Crippen LogP contribution in [0.15, 0.2) is 36.9 Å². The van der Waals surface area contributed by atoms with Gasteiger partial charge in [-0.1, -0.05) is 26.0 Å². The second kappa shape index (κ2) is 7.49. The molecule has 0 aliphatic carbocycles. The van der Waals surface area contributed by atoms with Crippen LogP contribution < -0.4 is 16.8 Å². The smallest absolute Gasteiger partial charge is 0.241 e. The third-order valence-electron chi connectivity index (χ3n) is 4.07. The Morgan fingerprint density at radius 3 is 2.62 bits per heavy atom. The van der Waals surface area contributed by atoms with Gasteiger partial charge in [-0.3, -0.25) is 4.79 Å². The van der Waals surface area contributed by atoms with Crippen LogP contribution in [0.25, 0.3) is 11.2 Å². The van der Waals surface area contributed by atoms with E-state index in [1.54, 1.807) is 6.33 Å². The van der Waals surface area contributed by atoms with Crippen molar-refractivity contribution in [3.8, 4) is 0 Å². The molecule has 1 atom stereocenters. The summed E-state index contributed by atoms with van der Waals surface area (Å²) in [4.78, 5) is 24.5. The van der Waals surface area contributed by atoms with Crippen molar-refractivity contribution in [3.63, 3.8) is 0 Å². The van der Waals surface area contributed by atoms with Crippen molar-refractivity contribution in [2.75, 3.05) is 11.1 Å². The largest absolute Gasteiger partial charge is 0.382 e. The van der Waals surface area contributed by atoms with Crippen LogP contribution in [0, 0.1) is 5.92 Å². The van der Waals surface area contributed by atoms with E-state index < -0.39 is 6.04 Å². The Hall–Kier alpha value is -3.00. The molecule has 3 aromatic rings. The van der Waals surface area contributed by atoms with Crippen LogP contribution in [0.1, 0.15) is 25.8 Å². The number of aromatic nitrogens is 4. The number of imidazole rings is 1. The van der Waals surface area contributed by atoms with Crippen LogP contribution in [0.5, 0.6) is 0 Å². The van der Waals surface area contributed by atoms with Gasteiger partial charge >= 0.3 is 0 Å². The van der Waals surface area contributed by atoms with Gasteiger partial charge in [-0.15, -0.1) is 0 Å². The summed E-state index contributed by atoms with van der Waals surface area (Å²) in [6.07, 6.45) is 3.77. The maximum Gasteiger partial charge on any atom is 0.241 e. The quantitative estimate of drug-likeness (QED) is 0.620. The van der Waals surface area contributed by atoms with Crippen molar-refractivity contribution < 1.29 is 4.79 Å². The van der Waals surface area contributed by atoms with E-state index in [-0.39, 0.29) is 5.91 Å². The molecule has 1 aromatic carbocycles. The summed E-state index contributed by atoms with van der Waals surface area (Å²) < 4.78 is 1.90. The van der Waals surface area contributed by atoms with Gasteiger partial charge in [-0.05, 0) is 30.0 Å². The average Bonchev–Trinajstić information content (AvgIpc) is 3.00. The van der Waals surface area contributed by atoms with E-state index in [2.05, 4.69) is 20.3 Å². The number of fused-ring (bicyclic) bond motifs is 1. The first kappa shape index (κ1) is 17.8. The zero-order valence-electron chi connectivity index (χ0n) is 14.9. The predicted molar refractivity (Wildman–Crippen MR) is 101 cm³/mol. The van der Waals surface area contributed by atoms with Crippen LogP contribution in [0.3, 0.4) is 0 Å². The standard InChI is InChI=1S/C18H23N7O/c1-11(2)7-14(19)18(26)24-13-5-3-12(4-6-13)8-25-10-23-15-16(20)21-9-22-17(15)25/h3-6,9-11,14H,7-8,19H2,1-2H3,(H,24,26)(H2,20,21,22). The number of hydrogen-bond acceptors (Lipinski definition) is 6. The Labute approximate surface area is 151 Å². The molecular weight excluding hydrogens is 330 g/mol. The number of nitrogens with two attached hydrogens (primary N) is 2. The number of nitrogen functional groups attached to an aromatic ring is 1. The molecule has 1 unspecified atom stereocenters. The molecule has 0 bridgehead atoms. The Balaban J connectivity index is 1.68. The van der Waals surface area contributed by atoms with Crippen molar-refractivity contribution in [2.24, 2.45) is 11.7 Å². The zero-order chi connectivity index (χ0) is 18.7. The average molecular weight is 353 g/mol. The third-order valence-corrected chi connectivity index (χ3v) is 4.07. The minimum Gasteiger partial charge on any atom is -0.382 e. The summed E-state index contributed by atoms with van der Waals surface area (Å²) >= 11 is 0. The van der Waals surface area contributed by atoms with E-state index in [1.165, 1.54) is 6.33 Å². The molecular formula is C18H23N7O. The van der Waals surface area contributed by atoms with Crippen molar-refractivity contribution in [2.45, 2.75) is 32.9 Å². The molecule has 2 aromatic heterocycles. The molecule has 136 valence electrons. The van der Waals surface area contributed by atoms with Crippen LogP contribution in [-0.2, 0) is 11.3 Å². The fourth-order valence-electron chi connectivity index (χ4n) is 2.75. The van der Waals surface area contributed by atoms with Gasteiger partial charge in [0.2, 0.25) is 5.91 Å². The van der Waals surface area contributed by atoms with Gasteiger partial charge in [-0.2, -0.15) is 0 Å². The van der Waals surface area contributed by atoms with Gasteiger partial charge in [0.25, 0.3) is 0 Å². The minimum absolute atomic E-state index is 0.167. The summed E-state index contributed by atoms with van der Waals surface area (Å²) in [5.41, 5.74) is 14.8. The van der Waals surface area contributed by atoms with Gasteiger partial charge in [0.15, 0.2) is 11.5 Å².